The Hall–Kier alpha value is -1.82. The van der Waals surface area contributed by atoms with Crippen LogP contribution in [0.15, 0.2) is 18.2 Å². The van der Waals surface area contributed by atoms with Crippen molar-refractivity contribution in [3.8, 4) is 6.07 Å². The number of nitriles is 1. The van der Waals surface area contributed by atoms with Gasteiger partial charge in [-0.15, -0.1) is 0 Å². The number of hydrogen-bond acceptors (Lipinski definition) is 3. The minimum absolute atomic E-state index is 0.547. The smallest absolute Gasteiger partial charge is 0.150 e. The second-order valence-corrected chi connectivity index (χ2v) is 4.50. The van der Waals surface area contributed by atoms with Gasteiger partial charge in [-0.2, -0.15) is 5.26 Å². The van der Waals surface area contributed by atoms with E-state index in [9.17, 15) is 4.79 Å². The van der Waals surface area contributed by atoms with Crippen LogP contribution in [0.1, 0.15) is 35.2 Å². The topological polar surface area (TPSA) is 44.1 Å². The third-order valence-electron chi connectivity index (χ3n) is 3.12. The van der Waals surface area contributed by atoms with Crippen molar-refractivity contribution in [2.75, 3.05) is 11.4 Å². The number of benzene rings is 1. The molecule has 3 heteroatoms. The molecule has 1 saturated carbocycles. The summed E-state index contributed by atoms with van der Waals surface area (Å²) >= 11 is 0. The Balaban J connectivity index is 2.23. The first kappa shape index (κ1) is 11.7. The number of aryl methyl sites for hydroxylation is 1. The van der Waals surface area contributed by atoms with Crippen LogP contribution in [0.4, 0.5) is 5.69 Å². The summed E-state index contributed by atoms with van der Waals surface area (Å²) < 4.78 is 0. The average molecular weight is 228 g/mol. The molecule has 1 aliphatic rings. The van der Waals surface area contributed by atoms with Gasteiger partial charge < -0.3 is 4.90 Å². The van der Waals surface area contributed by atoms with Gasteiger partial charge in [-0.25, -0.2) is 0 Å². The molecule has 2 rings (SSSR count). The highest BCUT2D eigenvalue weighted by Crippen LogP contribution is 2.33. The van der Waals surface area contributed by atoms with Crippen molar-refractivity contribution in [1.29, 1.82) is 5.26 Å². The highest BCUT2D eigenvalue weighted by Gasteiger charge is 2.29. The van der Waals surface area contributed by atoms with Gasteiger partial charge in [0.2, 0.25) is 0 Å². The van der Waals surface area contributed by atoms with E-state index in [2.05, 4.69) is 11.0 Å². The van der Waals surface area contributed by atoms with Crippen molar-refractivity contribution in [3.63, 3.8) is 0 Å². The summed E-state index contributed by atoms with van der Waals surface area (Å²) in [5.41, 5.74) is 2.98. The molecular weight excluding hydrogens is 212 g/mol. The van der Waals surface area contributed by atoms with E-state index in [0.29, 0.717) is 18.0 Å². The number of hydrogen-bond donors (Lipinski definition) is 0. The van der Waals surface area contributed by atoms with E-state index in [0.717, 1.165) is 24.1 Å². The molecule has 1 aliphatic carbocycles. The van der Waals surface area contributed by atoms with E-state index in [1.54, 1.807) is 0 Å². The van der Waals surface area contributed by atoms with Crippen LogP contribution in [0.2, 0.25) is 0 Å². The second-order valence-electron chi connectivity index (χ2n) is 4.50. The lowest BCUT2D eigenvalue weighted by atomic mass is 10.1. The molecule has 0 aliphatic heterocycles. The molecule has 0 atom stereocenters. The molecule has 0 heterocycles. The van der Waals surface area contributed by atoms with Crippen LogP contribution in [0.3, 0.4) is 0 Å². The maximum atomic E-state index is 10.7. The summed E-state index contributed by atoms with van der Waals surface area (Å²) in [5.74, 6) is 0. The lowest BCUT2D eigenvalue weighted by Gasteiger charge is -2.25. The summed E-state index contributed by atoms with van der Waals surface area (Å²) in [6.07, 6.45) is 3.83. The van der Waals surface area contributed by atoms with Crippen molar-refractivity contribution in [2.24, 2.45) is 0 Å². The van der Waals surface area contributed by atoms with Crippen LogP contribution in [0, 0.1) is 18.3 Å². The van der Waals surface area contributed by atoms with Crippen LogP contribution < -0.4 is 4.90 Å². The zero-order valence-electron chi connectivity index (χ0n) is 10.0. The predicted molar refractivity (Wildman–Crippen MR) is 67.2 cm³/mol. The molecule has 0 aromatic heterocycles. The fourth-order valence-corrected chi connectivity index (χ4v) is 2.13. The third kappa shape index (κ3) is 2.65. The van der Waals surface area contributed by atoms with Gasteiger partial charge in [-0.1, -0.05) is 0 Å². The van der Waals surface area contributed by atoms with E-state index in [1.165, 1.54) is 12.8 Å². The Labute approximate surface area is 102 Å². The van der Waals surface area contributed by atoms with E-state index in [4.69, 9.17) is 5.26 Å². The van der Waals surface area contributed by atoms with Crippen LogP contribution in [-0.4, -0.2) is 18.9 Å². The molecule has 3 nitrogen and oxygen atoms in total. The van der Waals surface area contributed by atoms with E-state index in [-0.39, 0.29) is 0 Å². The van der Waals surface area contributed by atoms with E-state index < -0.39 is 0 Å². The molecule has 0 bridgehead atoms. The monoisotopic (exact) mass is 228 g/mol. The van der Waals surface area contributed by atoms with Crippen LogP contribution in [-0.2, 0) is 0 Å². The second kappa shape index (κ2) is 5.01. The number of rotatable bonds is 5. The predicted octanol–water partition coefficient (Wildman–Crippen LogP) is 2.69. The molecule has 1 fully saturated rings. The highest BCUT2D eigenvalue weighted by molar-refractivity contribution is 5.77. The molecule has 0 amide bonds. The zero-order valence-corrected chi connectivity index (χ0v) is 10.0. The third-order valence-corrected chi connectivity index (χ3v) is 3.12. The molecule has 0 saturated heterocycles. The molecule has 0 N–H and O–H groups in total. The Morgan fingerprint density at radius 2 is 2.29 bits per heavy atom. The first-order valence-electron chi connectivity index (χ1n) is 5.95. The minimum atomic E-state index is 0.547. The first-order valence-corrected chi connectivity index (χ1v) is 5.95. The Morgan fingerprint density at radius 1 is 1.53 bits per heavy atom. The number of anilines is 1. The quantitative estimate of drug-likeness (QED) is 0.728. The van der Waals surface area contributed by atoms with E-state index >= 15 is 0 Å². The fraction of sp³-hybridized carbons (Fsp3) is 0.429. The van der Waals surface area contributed by atoms with Gasteiger partial charge in [-0.3, -0.25) is 4.79 Å². The normalized spacial score (nSPS) is 14.1. The number of carbonyl (C=O) groups is 1. The van der Waals surface area contributed by atoms with E-state index in [1.807, 2.05) is 25.1 Å². The molecule has 0 unspecified atom stereocenters. The van der Waals surface area contributed by atoms with Crippen LogP contribution in [0.25, 0.3) is 0 Å². The molecular formula is C14H16N2O. The van der Waals surface area contributed by atoms with Crippen molar-refractivity contribution in [3.05, 3.63) is 29.3 Å². The van der Waals surface area contributed by atoms with Gasteiger partial charge >= 0.3 is 0 Å². The molecule has 88 valence electrons. The summed E-state index contributed by atoms with van der Waals surface area (Å²) in [5, 5.41) is 8.69. The average Bonchev–Trinajstić information content (AvgIpc) is 3.15. The fourth-order valence-electron chi connectivity index (χ4n) is 2.13. The SMILES string of the molecule is Cc1cc(C=O)ccc1N(CCC#N)C1CC1. The van der Waals surface area contributed by atoms with Gasteiger partial charge in [0.05, 0.1) is 12.5 Å². The Morgan fingerprint density at radius 3 is 2.82 bits per heavy atom. The lowest BCUT2D eigenvalue weighted by molar-refractivity contribution is 0.112. The highest BCUT2D eigenvalue weighted by atomic mass is 16.1. The molecule has 1 aromatic rings. The minimum Gasteiger partial charge on any atom is -0.367 e. The van der Waals surface area contributed by atoms with Crippen molar-refractivity contribution >= 4 is 12.0 Å². The lowest BCUT2D eigenvalue weighted by Crippen LogP contribution is -2.27. The van der Waals surface area contributed by atoms with Gasteiger partial charge in [0.25, 0.3) is 0 Å². The van der Waals surface area contributed by atoms with Crippen LogP contribution >= 0.6 is 0 Å². The summed E-state index contributed by atoms with van der Waals surface area (Å²) in [7, 11) is 0. The standard InChI is InChI=1S/C14H16N2O/c1-11-9-12(10-17)3-6-14(11)16(8-2-7-15)13-4-5-13/h3,6,9-10,13H,2,4-5,8H2,1H3. The van der Waals surface area contributed by atoms with Gasteiger partial charge in [0.15, 0.2) is 0 Å². The van der Waals surface area contributed by atoms with Crippen molar-refractivity contribution < 1.29 is 4.79 Å². The van der Waals surface area contributed by atoms with Crippen molar-refractivity contribution in [2.45, 2.75) is 32.2 Å². The number of nitrogens with zero attached hydrogens (tertiary/aromatic N) is 2. The zero-order chi connectivity index (χ0) is 12.3. The van der Waals surface area contributed by atoms with Gasteiger partial charge in [-0.05, 0) is 43.5 Å². The van der Waals surface area contributed by atoms with Gasteiger partial charge in [0, 0.05) is 23.8 Å². The summed E-state index contributed by atoms with van der Waals surface area (Å²) in [4.78, 5) is 13.0. The molecule has 1 aromatic carbocycles. The summed E-state index contributed by atoms with van der Waals surface area (Å²) in [6, 6.07) is 8.53. The number of carbonyl (C=O) groups excluding carboxylic acids is 1. The maximum Gasteiger partial charge on any atom is 0.150 e. The molecule has 0 spiro atoms. The maximum absolute atomic E-state index is 10.7. The molecule has 17 heavy (non-hydrogen) atoms. The molecule has 0 radical (unpaired) electrons. The Kier molecular flexibility index (Phi) is 3.43. The number of aldehydes is 1. The largest absolute Gasteiger partial charge is 0.367 e. The Bertz CT molecular complexity index is 458. The summed E-state index contributed by atoms with van der Waals surface area (Å²) in [6.45, 7) is 2.80. The van der Waals surface area contributed by atoms with Gasteiger partial charge in [0.1, 0.15) is 6.29 Å². The van der Waals surface area contributed by atoms with Crippen LogP contribution in [0.5, 0.6) is 0 Å². The van der Waals surface area contributed by atoms with Crippen molar-refractivity contribution in [1.82, 2.24) is 0 Å². The first-order chi connectivity index (χ1) is 8.26.